The first-order chi connectivity index (χ1) is 13.7. The highest BCUT2D eigenvalue weighted by molar-refractivity contribution is 6.04. The van der Waals surface area contributed by atoms with E-state index in [1.165, 1.54) is 44.9 Å². The van der Waals surface area contributed by atoms with Crippen molar-refractivity contribution < 1.29 is 9.59 Å². The Morgan fingerprint density at radius 3 is 2.34 bits per heavy atom. The van der Waals surface area contributed by atoms with E-state index in [0.29, 0.717) is 41.8 Å². The highest BCUT2D eigenvalue weighted by Gasteiger charge is 2.63. The van der Waals surface area contributed by atoms with E-state index in [4.69, 9.17) is 0 Å². The molecule has 29 heavy (non-hydrogen) atoms. The second-order valence-corrected chi connectivity index (χ2v) is 12.3. The smallest absolute Gasteiger partial charge is 0.144 e. The number of Topliss-reactive ketones (excluding diaryl/α,β-unsaturated/α-hetero) is 2. The summed E-state index contributed by atoms with van der Waals surface area (Å²) in [7, 11) is 0. The minimum absolute atomic E-state index is 0.0440. The van der Waals surface area contributed by atoms with Crippen molar-refractivity contribution in [3.05, 3.63) is 0 Å². The number of carbonyl (C=O) groups is 2. The maximum Gasteiger partial charge on any atom is 0.144 e. The Hall–Kier alpha value is -0.660. The van der Waals surface area contributed by atoms with Gasteiger partial charge < -0.3 is 0 Å². The molecule has 4 saturated carbocycles. The molecular formula is C27H44O2. The van der Waals surface area contributed by atoms with Gasteiger partial charge in [-0.25, -0.2) is 0 Å². The molecule has 0 heterocycles. The van der Waals surface area contributed by atoms with Crippen molar-refractivity contribution in [1.29, 1.82) is 0 Å². The molecule has 4 fully saturated rings. The van der Waals surface area contributed by atoms with Gasteiger partial charge in [0.2, 0.25) is 0 Å². The summed E-state index contributed by atoms with van der Waals surface area (Å²) in [6.07, 6.45) is 12.8. The lowest BCUT2D eigenvalue weighted by atomic mass is 9.44. The van der Waals surface area contributed by atoms with Gasteiger partial charge in [0, 0.05) is 12.8 Å². The maximum absolute atomic E-state index is 13.2. The molecule has 8 atom stereocenters. The summed E-state index contributed by atoms with van der Waals surface area (Å²) < 4.78 is 0. The molecule has 4 aliphatic rings. The average Bonchev–Trinajstić information content (AvgIpc) is 2.98. The fraction of sp³-hybridized carbons (Fsp3) is 0.926. The van der Waals surface area contributed by atoms with E-state index in [1.54, 1.807) is 0 Å². The van der Waals surface area contributed by atoms with E-state index in [0.717, 1.165) is 30.6 Å². The fourth-order valence-electron chi connectivity index (χ4n) is 9.01. The molecule has 0 amide bonds. The summed E-state index contributed by atoms with van der Waals surface area (Å²) in [5, 5.41) is 0. The monoisotopic (exact) mass is 400 g/mol. The van der Waals surface area contributed by atoms with Gasteiger partial charge >= 0.3 is 0 Å². The molecular weight excluding hydrogens is 356 g/mol. The Labute approximate surface area is 179 Å². The van der Waals surface area contributed by atoms with Gasteiger partial charge in [-0.15, -0.1) is 0 Å². The van der Waals surface area contributed by atoms with E-state index < -0.39 is 0 Å². The highest BCUT2D eigenvalue weighted by atomic mass is 16.2. The van der Waals surface area contributed by atoms with Gasteiger partial charge in [-0.2, -0.15) is 0 Å². The van der Waals surface area contributed by atoms with Crippen LogP contribution in [-0.2, 0) is 9.59 Å². The Bertz CT molecular complexity index is 651. The van der Waals surface area contributed by atoms with Gasteiger partial charge in [-0.3, -0.25) is 9.59 Å². The van der Waals surface area contributed by atoms with Gasteiger partial charge in [0.1, 0.15) is 11.6 Å². The molecule has 164 valence electrons. The number of carbonyl (C=O) groups excluding carboxylic acids is 2. The summed E-state index contributed by atoms with van der Waals surface area (Å²) in [4.78, 5) is 25.9. The second kappa shape index (κ2) is 7.79. The average molecular weight is 401 g/mol. The molecule has 0 aromatic carbocycles. The molecule has 0 aromatic rings. The van der Waals surface area contributed by atoms with Crippen molar-refractivity contribution in [2.75, 3.05) is 0 Å². The van der Waals surface area contributed by atoms with Crippen molar-refractivity contribution >= 4 is 11.6 Å². The van der Waals surface area contributed by atoms with E-state index in [-0.39, 0.29) is 17.1 Å². The lowest BCUT2D eigenvalue weighted by Gasteiger charge is -2.59. The third kappa shape index (κ3) is 3.45. The van der Waals surface area contributed by atoms with Crippen LogP contribution < -0.4 is 0 Å². The summed E-state index contributed by atoms with van der Waals surface area (Å²) >= 11 is 0. The summed E-state index contributed by atoms with van der Waals surface area (Å²) in [6.45, 7) is 12.1. The number of hydrogen-bond acceptors (Lipinski definition) is 2. The van der Waals surface area contributed by atoms with Crippen molar-refractivity contribution in [2.45, 2.75) is 105 Å². The third-order valence-corrected chi connectivity index (χ3v) is 10.4. The van der Waals surface area contributed by atoms with Crippen LogP contribution in [0.4, 0.5) is 0 Å². The van der Waals surface area contributed by atoms with Crippen LogP contribution in [0.25, 0.3) is 0 Å². The Morgan fingerprint density at radius 2 is 1.62 bits per heavy atom. The van der Waals surface area contributed by atoms with Crippen LogP contribution in [0, 0.1) is 52.3 Å². The molecule has 0 N–H and O–H groups in total. The molecule has 2 heteroatoms. The Morgan fingerprint density at radius 1 is 0.897 bits per heavy atom. The minimum Gasteiger partial charge on any atom is -0.299 e. The van der Waals surface area contributed by atoms with Crippen molar-refractivity contribution in [3.8, 4) is 0 Å². The molecule has 0 bridgehead atoms. The normalized spacial score (nSPS) is 45.7. The van der Waals surface area contributed by atoms with Crippen molar-refractivity contribution in [2.24, 2.45) is 52.3 Å². The predicted molar refractivity (Wildman–Crippen MR) is 118 cm³/mol. The summed E-state index contributed by atoms with van der Waals surface area (Å²) in [5.74, 6) is 4.59. The van der Waals surface area contributed by atoms with Gasteiger partial charge in [-0.05, 0) is 84.9 Å². The fourth-order valence-corrected chi connectivity index (χ4v) is 9.01. The van der Waals surface area contributed by atoms with Crippen LogP contribution in [0.2, 0.25) is 0 Å². The van der Waals surface area contributed by atoms with Crippen LogP contribution in [0.5, 0.6) is 0 Å². The molecule has 0 saturated heterocycles. The standard InChI is InChI=1S/C27H44O2/c1-17(2)8-6-9-18(3)20-11-12-21-19-16-24(29)25-23(28)10-7-14-27(25,5)22(19)13-15-26(20,21)4/h17-22,25H,6-16H2,1-5H3/t18-,19+,20-,21+,22+,25?,26-,27-/m1/s1. The van der Waals surface area contributed by atoms with Crippen LogP contribution in [0.1, 0.15) is 105 Å². The summed E-state index contributed by atoms with van der Waals surface area (Å²) in [5.41, 5.74) is 0.373. The molecule has 0 aromatic heterocycles. The maximum atomic E-state index is 13.2. The molecule has 0 spiro atoms. The van der Waals surface area contributed by atoms with E-state index >= 15 is 0 Å². The number of ketones is 2. The minimum atomic E-state index is -0.269. The number of hydrogen-bond donors (Lipinski definition) is 0. The molecule has 1 unspecified atom stereocenters. The number of fused-ring (bicyclic) bond motifs is 5. The first-order valence-corrected chi connectivity index (χ1v) is 12.7. The van der Waals surface area contributed by atoms with Gasteiger partial charge in [0.25, 0.3) is 0 Å². The Kier molecular flexibility index (Phi) is 5.79. The van der Waals surface area contributed by atoms with Gasteiger partial charge in [0.15, 0.2) is 0 Å². The van der Waals surface area contributed by atoms with E-state index in [9.17, 15) is 9.59 Å². The first-order valence-electron chi connectivity index (χ1n) is 12.7. The zero-order valence-corrected chi connectivity index (χ0v) is 19.6. The molecule has 4 rings (SSSR count). The van der Waals surface area contributed by atoms with E-state index in [2.05, 4.69) is 34.6 Å². The lowest BCUT2D eigenvalue weighted by molar-refractivity contribution is -0.161. The first kappa shape index (κ1) is 21.6. The molecule has 4 aliphatic carbocycles. The van der Waals surface area contributed by atoms with Crippen LogP contribution in [0.3, 0.4) is 0 Å². The third-order valence-electron chi connectivity index (χ3n) is 10.4. The van der Waals surface area contributed by atoms with Gasteiger partial charge in [-0.1, -0.05) is 53.9 Å². The quantitative estimate of drug-likeness (QED) is 0.473. The highest BCUT2D eigenvalue weighted by Crippen LogP contribution is 2.67. The van der Waals surface area contributed by atoms with Crippen molar-refractivity contribution in [1.82, 2.24) is 0 Å². The molecule has 0 aliphatic heterocycles. The number of rotatable bonds is 5. The zero-order chi connectivity index (χ0) is 21.0. The topological polar surface area (TPSA) is 34.1 Å². The van der Waals surface area contributed by atoms with Crippen LogP contribution in [-0.4, -0.2) is 11.6 Å². The lowest BCUT2D eigenvalue weighted by Crippen LogP contribution is -2.58. The Balaban J connectivity index is 1.52. The van der Waals surface area contributed by atoms with Gasteiger partial charge in [0.05, 0.1) is 5.92 Å². The zero-order valence-electron chi connectivity index (χ0n) is 19.6. The largest absolute Gasteiger partial charge is 0.299 e. The SMILES string of the molecule is CC(C)CCC[C@@H](C)[C@H]1CC[C@H]2[C@@H]3CC(=O)C4C(=O)CCC[C@]4(C)[C@H]3CC[C@]12C. The van der Waals surface area contributed by atoms with Crippen LogP contribution >= 0.6 is 0 Å². The van der Waals surface area contributed by atoms with Crippen LogP contribution in [0.15, 0.2) is 0 Å². The second-order valence-electron chi connectivity index (χ2n) is 12.3. The summed E-state index contributed by atoms with van der Waals surface area (Å²) in [6, 6.07) is 0. The van der Waals surface area contributed by atoms with Crippen molar-refractivity contribution in [3.63, 3.8) is 0 Å². The molecule has 2 nitrogen and oxygen atoms in total. The predicted octanol–water partition coefficient (Wildman–Crippen LogP) is 6.86. The van der Waals surface area contributed by atoms with E-state index in [1.807, 2.05) is 0 Å². The molecule has 0 radical (unpaired) electrons.